The summed E-state index contributed by atoms with van der Waals surface area (Å²) in [5.41, 5.74) is 0.911. The van der Waals surface area contributed by atoms with Crippen molar-refractivity contribution < 1.29 is 0 Å². The van der Waals surface area contributed by atoms with Crippen molar-refractivity contribution in [3.63, 3.8) is 0 Å². The van der Waals surface area contributed by atoms with E-state index in [-0.39, 0.29) is 0 Å². The van der Waals surface area contributed by atoms with Gasteiger partial charge >= 0.3 is 0 Å². The van der Waals surface area contributed by atoms with Crippen molar-refractivity contribution in [3.8, 4) is 10.6 Å². The maximum atomic E-state index is 5.96. The Bertz CT molecular complexity index is 452. The first-order chi connectivity index (χ1) is 7.16. The summed E-state index contributed by atoms with van der Waals surface area (Å²) in [6, 6.07) is 5.85. The monoisotopic (exact) mass is 238 g/mol. The topological polar surface area (TPSA) is 25.8 Å². The lowest BCUT2D eigenvalue weighted by Crippen LogP contribution is -1.98. The predicted octanol–water partition coefficient (Wildman–Crippen LogP) is 3.98. The largest absolute Gasteiger partial charge is 0.232 e. The molecule has 0 fully saturated rings. The second-order valence-electron chi connectivity index (χ2n) is 3.57. The minimum absolute atomic E-state index is 0.294. The van der Waals surface area contributed by atoms with Crippen molar-refractivity contribution in [1.29, 1.82) is 0 Å². The van der Waals surface area contributed by atoms with Gasteiger partial charge in [0.05, 0.1) is 10.6 Å². The zero-order chi connectivity index (χ0) is 10.8. The van der Waals surface area contributed by atoms with E-state index in [0.29, 0.717) is 11.1 Å². The SMILES string of the molecule is CC(C)c1nc(Cl)cc(-c2cccs2)n1. The summed E-state index contributed by atoms with van der Waals surface area (Å²) in [7, 11) is 0. The average Bonchev–Trinajstić information content (AvgIpc) is 2.69. The fourth-order valence-corrected chi connectivity index (χ4v) is 2.12. The number of hydrogen-bond acceptors (Lipinski definition) is 3. The molecule has 0 N–H and O–H groups in total. The molecule has 78 valence electrons. The van der Waals surface area contributed by atoms with E-state index in [9.17, 15) is 0 Å². The van der Waals surface area contributed by atoms with Crippen molar-refractivity contribution in [2.45, 2.75) is 19.8 Å². The molecular weight excluding hydrogens is 228 g/mol. The predicted molar refractivity (Wildman–Crippen MR) is 64.4 cm³/mol. The Labute approximate surface area is 98.0 Å². The van der Waals surface area contributed by atoms with Gasteiger partial charge in [-0.25, -0.2) is 9.97 Å². The Morgan fingerprint density at radius 1 is 1.33 bits per heavy atom. The summed E-state index contributed by atoms with van der Waals surface area (Å²) < 4.78 is 0. The summed E-state index contributed by atoms with van der Waals surface area (Å²) in [6.45, 7) is 4.12. The second kappa shape index (κ2) is 4.29. The second-order valence-corrected chi connectivity index (χ2v) is 4.90. The summed E-state index contributed by atoms with van der Waals surface area (Å²) >= 11 is 7.62. The number of thiophene rings is 1. The lowest BCUT2D eigenvalue weighted by molar-refractivity contribution is 0.776. The van der Waals surface area contributed by atoms with Crippen LogP contribution in [-0.2, 0) is 0 Å². The molecule has 0 aliphatic rings. The molecule has 15 heavy (non-hydrogen) atoms. The Hall–Kier alpha value is -0.930. The molecule has 0 aliphatic heterocycles. The third kappa shape index (κ3) is 2.36. The van der Waals surface area contributed by atoms with E-state index in [0.717, 1.165) is 16.4 Å². The van der Waals surface area contributed by atoms with Gasteiger partial charge in [0.25, 0.3) is 0 Å². The van der Waals surface area contributed by atoms with E-state index in [1.807, 2.05) is 17.5 Å². The summed E-state index contributed by atoms with van der Waals surface area (Å²) in [5, 5.41) is 2.54. The van der Waals surface area contributed by atoms with Crippen LogP contribution < -0.4 is 0 Å². The zero-order valence-electron chi connectivity index (χ0n) is 8.57. The Kier molecular flexibility index (Phi) is 3.03. The molecule has 0 aliphatic carbocycles. The summed E-state index contributed by atoms with van der Waals surface area (Å²) in [4.78, 5) is 9.82. The fraction of sp³-hybridized carbons (Fsp3) is 0.273. The van der Waals surface area contributed by atoms with Crippen LogP contribution in [0.2, 0.25) is 5.15 Å². The van der Waals surface area contributed by atoms with Crippen LogP contribution in [0, 0.1) is 0 Å². The van der Waals surface area contributed by atoms with Gasteiger partial charge in [0, 0.05) is 12.0 Å². The molecule has 0 amide bonds. The normalized spacial score (nSPS) is 10.9. The quantitative estimate of drug-likeness (QED) is 0.740. The van der Waals surface area contributed by atoms with Gasteiger partial charge in [-0.05, 0) is 11.4 Å². The number of hydrogen-bond donors (Lipinski definition) is 0. The van der Waals surface area contributed by atoms with E-state index >= 15 is 0 Å². The van der Waals surface area contributed by atoms with Crippen LogP contribution in [0.1, 0.15) is 25.6 Å². The van der Waals surface area contributed by atoms with Crippen LogP contribution >= 0.6 is 22.9 Å². The van der Waals surface area contributed by atoms with Gasteiger partial charge in [-0.2, -0.15) is 0 Å². The van der Waals surface area contributed by atoms with Crippen molar-refractivity contribution >= 4 is 22.9 Å². The molecule has 0 aromatic carbocycles. The van der Waals surface area contributed by atoms with Crippen LogP contribution in [0.25, 0.3) is 10.6 Å². The standard InChI is InChI=1S/C11H11ClN2S/c1-7(2)11-13-8(6-10(12)14-11)9-4-3-5-15-9/h3-7H,1-2H3. The van der Waals surface area contributed by atoms with Crippen LogP contribution in [0.4, 0.5) is 0 Å². The van der Waals surface area contributed by atoms with Gasteiger partial charge in [-0.1, -0.05) is 31.5 Å². The Morgan fingerprint density at radius 2 is 2.13 bits per heavy atom. The molecule has 0 atom stereocenters. The highest BCUT2D eigenvalue weighted by Crippen LogP contribution is 2.25. The van der Waals surface area contributed by atoms with Gasteiger partial charge in [0.1, 0.15) is 11.0 Å². The van der Waals surface area contributed by atoms with Crippen LogP contribution in [-0.4, -0.2) is 9.97 Å². The highest BCUT2D eigenvalue weighted by Gasteiger charge is 2.08. The molecule has 0 unspecified atom stereocenters. The summed E-state index contributed by atoms with van der Waals surface area (Å²) in [6.07, 6.45) is 0. The van der Waals surface area contributed by atoms with Gasteiger partial charge in [-0.3, -0.25) is 0 Å². The molecule has 0 bridgehead atoms. The van der Waals surface area contributed by atoms with Crippen molar-refractivity contribution in [2.75, 3.05) is 0 Å². The highest BCUT2D eigenvalue weighted by atomic mass is 35.5. The van der Waals surface area contributed by atoms with Crippen molar-refractivity contribution in [3.05, 3.63) is 34.6 Å². The van der Waals surface area contributed by atoms with Crippen LogP contribution in [0.3, 0.4) is 0 Å². The lowest BCUT2D eigenvalue weighted by Gasteiger charge is -2.05. The fourth-order valence-electron chi connectivity index (χ4n) is 1.24. The summed E-state index contributed by atoms with van der Waals surface area (Å²) in [5.74, 6) is 1.09. The van der Waals surface area contributed by atoms with Crippen molar-refractivity contribution in [1.82, 2.24) is 9.97 Å². The van der Waals surface area contributed by atoms with Gasteiger partial charge < -0.3 is 0 Å². The van der Waals surface area contributed by atoms with Crippen LogP contribution in [0.5, 0.6) is 0 Å². The molecule has 2 heterocycles. The average molecular weight is 239 g/mol. The van der Waals surface area contributed by atoms with E-state index < -0.39 is 0 Å². The maximum Gasteiger partial charge on any atom is 0.133 e. The molecule has 0 spiro atoms. The number of nitrogens with zero attached hydrogens (tertiary/aromatic N) is 2. The zero-order valence-corrected chi connectivity index (χ0v) is 10.1. The van der Waals surface area contributed by atoms with Gasteiger partial charge in [0.15, 0.2) is 0 Å². The molecule has 4 heteroatoms. The van der Waals surface area contributed by atoms with E-state index in [1.54, 1.807) is 17.4 Å². The molecule has 2 nitrogen and oxygen atoms in total. The Balaban J connectivity index is 2.49. The first kappa shape index (κ1) is 10.6. The molecule has 0 saturated heterocycles. The van der Waals surface area contributed by atoms with E-state index in [2.05, 4.69) is 23.8 Å². The minimum Gasteiger partial charge on any atom is -0.232 e. The molecule has 2 aromatic rings. The van der Waals surface area contributed by atoms with E-state index in [1.165, 1.54) is 0 Å². The number of rotatable bonds is 2. The van der Waals surface area contributed by atoms with Gasteiger partial charge in [0.2, 0.25) is 0 Å². The first-order valence-corrected chi connectivity index (χ1v) is 6.01. The molecule has 0 saturated carbocycles. The molecular formula is C11H11ClN2S. The number of aromatic nitrogens is 2. The molecule has 2 rings (SSSR count). The van der Waals surface area contributed by atoms with E-state index in [4.69, 9.17) is 11.6 Å². The number of halogens is 1. The molecule has 0 radical (unpaired) electrons. The smallest absolute Gasteiger partial charge is 0.133 e. The highest BCUT2D eigenvalue weighted by molar-refractivity contribution is 7.13. The maximum absolute atomic E-state index is 5.96. The minimum atomic E-state index is 0.294. The van der Waals surface area contributed by atoms with Crippen molar-refractivity contribution in [2.24, 2.45) is 0 Å². The third-order valence-electron chi connectivity index (χ3n) is 2.00. The van der Waals surface area contributed by atoms with Crippen LogP contribution in [0.15, 0.2) is 23.6 Å². The lowest BCUT2D eigenvalue weighted by atomic mass is 10.2. The van der Waals surface area contributed by atoms with Gasteiger partial charge in [-0.15, -0.1) is 11.3 Å². The Morgan fingerprint density at radius 3 is 2.73 bits per heavy atom. The first-order valence-electron chi connectivity index (χ1n) is 4.75. The third-order valence-corrected chi connectivity index (χ3v) is 3.09. The molecule has 2 aromatic heterocycles.